The van der Waals surface area contributed by atoms with Crippen LogP contribution in [0.4, 0.5) is 4.39 Å². The molecule has 5 heteroatoms. The highest BCUT2D eigenvalue weighted by Crippen LogP contribution is 2.26. The first-order valence-electron chi connectivity index (χ1n) is 5.57. The summed E-state index contributed by atoms with van der Waals surface area (Å²) in [5.41, 5.74) is 1.17. The van der Waals surface area contributed by atoms with Gasteiger partial charge in [-0.25, -0.2) is 4.39 Å². The number of rotatable bonds is 4. The predicted molar refractivity (Wildman–Crippen MR) is 73.1 cm³/mol. The maximum atomic E-state index is 13.6. The molecule has 1 N–H and O–H groups in total. The first kappa shape index (κ1) is 14.1. The number of hydrogen-bond donors (Lipinski definition) is 1. The van der Waals surface area contributed by atoms with Crippen LogP contribution in [0.2, 0.25) is 10.0 Å². The molecule has 0 aliphatic rings. The Balaban J connectivity index is 2.16. The fourth-order valence-corrected chi connectivity index (χ4v) is 1.95. The van der Waals surface area contributed by atoms with Gasteiger partial charge in [0.1, 0.15) is 6.61 Å². The summed E-state index contributed by atoms with van der Waals surface area (Å²) in [6.07, 6.45) is 0. The zero-order valence-corrected chi connectivity index (χ0v) is 11.4. The van der Waals surface area contributed by atoms with Gasteiger partial charge < -0.3 is 9.84 Å². The minimum Gasteiger partial charge on any atom is -0.485 e. The van der Waals surface area contributed by atoms with Gasteiger partial charge in [0.2, 0.25) is 0 Å². The van der Waals surface area contributed by atoms with E-state index in [-0.39, 0.29) is 19.0 Å². The molecule has 0 saturated carbocycles. The second-order valence-electron chi connectivity index (χ2n) is 3.92. The quantitative estimate of drug-likeness (QED) is 0.917. The van der Waals surface area contributed by atoms with E-state index in [9.17, 15) is 4.39 Å². The lowest BCUT2D eigenvalue weighted by atomic mass is 10.2. The SMILES string of the molecule is OCc1cccc(F)c1OCc1ccc(Cl)c(Cl)c1. The van der Waals surface area contributed by atoms with E-state index in [0.29, 0.717) is 15.6 Å². The molecule has 0 heterocycles. The maximum absolute atomic E-state index is 13.6. The largest absolute Gasteiger partial charge is 0.485 e. The molecule has 100 valence electrons. The van der Waals surface area contributed by atoms with Gasteiger partial charge in [0, 0.05) is 5.56 Å². The number of ether oxygens (including phenoxy) is 1. The van der Waals surface area contributed by atoms with Crippen LogP contribution in [0.15, 0.2) is 36.4 Å². The van der Waals surface area contributed by atoms with Gasteiger partial charge in [0.15, 0.2) is 11.6 Å². The first-order chi connectivity index (χ1) is 9.11. The molecule has 0 bridgehead atoms. The first-order valence-corrected chi connectivity index (χ1v) is 6.32. The van der Waals surface area contributed by atoms with E-state index >= 15 is 0 Å². The third-order valence-corrected chi connectivity index (χ3v) is 3.33. The smallest absolute Gasteiger partial charge is 0.165 e. The molecule has 0 saturated heterocycles. The lowest BCUT2D eigenvalue weighted by molar-refractivity contribution is 0.251. The highest BCUT2D eigenvalue weighted by atomic mass is 35.5. The van der Waals surface area contributed by atoms with E-state index in [2.05, 4.69) is 0 Å². The van der Waals surface area contributed by atoms with Gasteiger partial charge in [-0.15, -0.1) is 0 Å². The number of hydrogen-bond acceptors (Lipinski definition) is 2. The summed E-state index contributed by atoms with van der Waals surface area (Å²) in [5, 5.41) is 10.0. The van der Waals surface area contributed by atoms with Crippen molar-refractivity contribution < 1.29 is 14.2 Å². The number of aliphatic hydroxyl groups is 1. The minimum absolute atomic E-state index is 0.0519. The average molecular weight is 301 g/mol. The number of para-hydroxylation sites is 1. The van der Waals surface area contributed by atoms with Gasteiger partial charge in [0.05, 0.1) is 16.7 Å². The summed E-state index contributed by atoms with van der Waals surface area (Å²) in [7, 11) is 0. The van der Waals surface area contributed by atoms with E-state index in [1.54, 1.807) is 24.3 Å². The molecule has 0 aliphatic heterocycles. The van der Waals surface area contributed by atoms with E-state index in [0.717, 1.165) is 5.56 Å². The maximum Gasteiger partial charge on any atom is 0.165 e. The molecular formula is C14H11Cl2FO2. The second-order valence-corrected chi connectivity index (χ2v) is 4.74. The highest BCUT2D eigenvalue weighted by molar-refractivity contribution is 6.42. The van der Waals surface area contributed by atoms with Crippen LogP contribution >= 0.6 is 23.2 Å². The third kappa shape index (κ3) is 3.38. The lowest BCUT2D eigenvalue weighted by Crippen LogP contribution is -2.01. The third-order valence-electron chi connectivity index (χ3n) is 2.59. The molecule has 2 rings (SSSR count). The summed E-state index contributed by atoms with van der Waals surface area (Å²) < 4.78 is 19.0. The Morgan fingerprint density at radius 2 is 1.89 bits per heavy atom. The molecule has 0 amide bonds. The molecule has 0 fully saturated rings. The van der Waals surface area contributed by atoms with Crippen molar-refractivity contribution in [2.24, 2.45) is 0 Å². The Bertz CT molecular complexity index is 588. The fourth-order valence-electron chi connectivity index (χ4n) is 1.62. The Kier molecular flexibility index (Phi) is 4.64. The van der Waals surface area contributed by atoms with Crippen molar-refractivity contribution in [1.29, 1.82) is 0 Å². The Labute approximate surface area is 120 Å². The van der Waals surface area contributed by atoms with Gasteiger partial charge in [-0.1, -0.05) is 41.4 Å². The molecule has 19 heavy (non-hydrogen) atoms. The molecule has 2 aromatic rings. The molecule has 0 spiro atoms. The molecule has 2 nitrogen and oxygen atoms in total. The summed E-state index contributed by atoms with van der Waals surface area (Å²) in [6.45, 7) is -0.140. The minimum atomic E-state index is -0.508. The molecule has 0 atom stereocenters. The van der Waals surface area contributed by atoms with Gasteiger partial charge in [-0.05, 0) is 23.8 Å². The topological polar surface area (TPSA) is 29.5 Å². The van der Waals surface area contributed by atoms with E-state index in [4.69, 9.17) is 33.0 Å². The summed E-state index contributed by atoms with van der Waals surface area (Å²) in [6, 6.07) is 9.46. The van der Waals surface area contributed by atoms with Crippen LogP contribution in [0.3, 0.4) is 0 Å². The number of benzene rings is 2. The molecule has 0 unspecified atom stereocenters. The van der Waals surface area contributed by atoms with Crippen LogP contribution in [0.5, 0.6) is 5.75 Å². The van der Waals surface area contributed by atoms with Gasteiger partial charge >= 0.3 is 0 Å². The Morgan fingerprint density at radius 3 is 2.58 bits per heavy atom. The van der Waals surface area contributed by atoms with Crippen LogP contribution in [0, 0.1) is 5.82 Å². The van der Waals surface area contributed by atoms with Crippen LogP contribution in [-0.4, -0.2) is 5.11 Å². The number of halogens is 3. The number of aliphatic hydroxyl groups excluding tert-OH is 1. The van der Waals surface area contributed by atoms with E-state index in [1.807, 2.05) is 0 Å². The van der Waals surface area contributed by atoms with Crippen molar-refractivity contribution in [3.8, 4) is 5.75 Å². The standard InChI is InChI=1S/C14H11Cl2FO2/c15-11-5-4-9(6-12(11)16)8-19-14-10(7-18)2-1-3-13(14)17/h1-6,18H,7-8H2. The van der Waals surface area contributed by atoms with E-state index in [1.165, 1.54) is 12.1 Å². The highest BCUT2D eigenvalue weighted by Gasteiger charge is 2.09. The molecule has 0 aromatic heterocycles. The summed E-state index contributed by atoms with van der Waals surface area (Å²) >= 11 is 11.7. The van der Waals surface area contributed by atoms with Crippen molar-refractivity contribution >= 4 is 23.2 Å². The van der Waals surface area contributed by atoms with Crippen molar-refractivity contribution in [3.05, 3.63) is 63.4 Å². The molecular weight excluding hydrogens is 290 g/mol. The zero-order chi connectivity index (χ0) is 13.8. The normalized spacial score (nSPS) is 10.5. The van der Waals surface area contributed by atoms with Crippen molar-refractivity contribution in [2.45, 2.75) is 13.2 Å². The van der Waals surface area contributed by atoms with Crippen LogP contribution in [0.1, 0.15) is 11.1 Å². The zero-order valence-electron chi connectivity index (χ0n) is 9.87. The Morgan fingerprint density at radius 1 is 1.11 bits per heavy atom. The van der Waals surface area contributed by atoms with Gasteiger partial charge in [-0.3, -0.25) is 0 Å². The summed E-state index contributed by atoms with van der Waals surface area (Å²) in [5.74, 6) is -0.456. The molecule has 0 radical (unpaired) electrons. The average Bonchev–Trinajstić information content (AvgIpc) is 2.41. The Hall–Kier alpha value is -1.29. The van der Waals surface area contributed by atoms with Crippen LogP contribution in [-0.2, 0) is 13.2 Å². The van der Waals surface area contributed by atoms with Crippen LogP contribution in [0.25, 0.3) is 0 Å². The fraction of sp³-hybridized carbons (Fsp3) is 0.143. The predicted octanol–water partition coefficient (Wildman–Crippen LogP) is 4.20. The van der Waals surface area contributed by atoms with Crippen LogP contribution < -0.4 is 4.74 Å². The monoisotopic (exact) mass is 300 g/mol. The van der Waals surface area contributed by atoms with Crippen molar-refractivity contribution in [1.82, 2.24) is 0 Å². The van der Waals surface area contributed by atoms with Crippen molar-refractivity contribution in [2.75, 3.05) is 0 Å². The lowest BCUT2D eigenvalue weighted by Gasteiger charge is -2.11. The second kappa shape index (κ2) is 6.24. The molecule has 2 aromatic carbocycles. The van der Waals surface area contributed by atoms with E-state index < -0.39 is 5.82 Å². The van der Waals surface area contributed by atoms with Gasteiger partial charge in [0.25, 0.3) is 0 Å². The summed E-state index contributed by atoms with van der Waals surface area (Å²) in [4.78, 5) is 0. The molecule has 0 aliphatic carbocycles. The van der Waals surface area contributed by atoms with Gasteiger partial charge in [-0.2, -0.15) is 0 Å². The van der Waals surface area contributed by atoms with Crippen molar-refractivity contribution in [3.63, 3.8) is 0 Å².